The van der Waals surface area contributed by atoms with Crippen LogP contribution in [0.1, 0.15) is 130 Å². The van der Waals surface area contributed by atoms with Crippen LogP contribution in [0, 0.1) is 17.8 Å². The van der Waals surface area contributed by atoms with Crippen LogP contribution in [-0.4, -0.2) is 99.7 Å². The Kier molecular flexibility index (Phi) is 15.1. The van der Waals surface area contributed by atoms with E-state index in [1.165, 1.54) is 12.0 Å². The number of aliphatic hydroxyl groups is 3. The SMILES string of the molecule is CC(C)C[C@@](C)(O)CNCN[C@@H]1C#CCCOc2cc(cc(CCCO)c2O)[C@H]2Oc3c(c4c(c5c3CC[C@@H](CO)O5)-c3ccc(O)cc3[C@@H](Cc3ccc5[nH]ccc5c3)C4)C[C@@]21OCNC1CCCCC1. The van der Waals surface area contributed by atoms with Crippen molar-refractivity contribution in [3.05, 3.63) is 99.7 Å². The van der Waals surface area contributed by atoms with Gasteiger partial charge in [0.05, 0.1) is 25.5 Å². The van der Waals surface area contributed by atoms with E-state index in [0.717, 1.165) is 81.3 Å². The number of benzene rings is 4. The van der Waals surface area contributed by atoms with E-state index in [2.05, 4.69) is 70.9 Å². The van der Waals surface area contributed by atoms with Crippen molar-refractivity contribution in [2.75, 3.05) is 39.8 Å². The minimum atomic E-state index is -1.22. The maximum Gasteiger partial charge on any atom is 0.161 e. The van der Waals surface area contributed by atoms with Crippen LogP contribution in [0.4, 0.5) is 0 Å². The smallest absolute Gasteiger partial charge is 0.161 e. The molecule has 1 fully saturated rings. The van der Waals surface area contributed by atoms with Crippen LogP contribution in [0.3, 0.4) is 0 Å². The van der Waals surface area contributed by atoms with Gasteiger partial charge in [0, 0.05) is 67.1 Å². The first kappa shape index (κ1) is 50.2. The summed E-state index contributed by atoms with van der Waals surface area (Å²) < 4.78 is 28.6. The number of phenols is 2. The minimum absolute atomic E-state index is 0.0343. The second-order valence-corrected chi connectivity index (χ2v) is 21.8. The highest BCUT2D eigenvalue weighted by atomic mass is 16.6. The molecule has 0 unspecified atom stereocenters. The molecule has 1 saturated carbocycles. The Morgan fingerprint density at radius 1 is 0.944 bits per heavy atom. The lowest BCUT2D eigenvalue weighted by Crippen LogP contribution is -2.62. The standard InChI is InChI=1S/C59H74N4O9/c1-36(2)30-58(3,68)33-60-34-62-52-13-7-8-23-69-51-28-41(26-39(54(51)67)10-9-22-64)57-59(52,70-35-63-42-11-5-4-6-12-42)31-49-48-27-40(25-37-14-19-50-38(24-37)20-21-61-50)47-29-43(66)15-17-45(47)53(48)56-46(55(49)72-57)18-16-44(32-65)71-56/h14-15,17,19-21,24,26,28-29,36,40,42,44,52,57,60-68H,4-6,8-12,16,18,22-23,25,27,30-35H2,1-3H3/t40-,44-,52+,57+,58+,59-/m0/s1. The largest absolute Gasteiger partial charge is 0.508 e. The molecule has 3 aliphatic heterocycles. The predicted octanol–water partition coefficient (Wildman–Crippen LogP) is 8.14. The van der Waals surface area contributed by atoms with Crippen LogP contribution in [0.15, 0.2) is 60.8 Å². The van der Waals surface area contributed by atoms with E-state index in [4.69, 9.17) is 18.9 Å². The average molecular weight is 983 g/mol. The summed E-state index contributed by atoms with van der Waals surface area (Å²) in [4.78, 5) is 3.33. The van der Waals surface area contributed by atoms with E-state index in [-0.39, 0.29) is 44.0 Å². The van der Waals surface area contributed by atoms with Crippen LogP contribution in [-0.2, 0) is 36.8 Å². The van der Waals surface area contributed by atoms with E-state index < -0.39 is 29.5 Å². The Morgan fingerprint density at radius 2 is 1.81 bits per heavy atom. The fourth-order valence-corrected chi connectivity index (χ4v) is 12.5. The summed E-state index contributed by atoms with van der Waals surface area (Å²) in [6, 6.07) is 17.9. The maximum absolute atomic E-state index is 11.7. The number of aliphatic hydroxyl groups excluding tert-OH is 2. The lowest BCUT2D eigenvalue weighted by molar-refractivity contribution is -0.144. The zero-order valence-corrected chi connectivity index (χ0v) is 42.2. The molecule has 2 aliphatic carbocycles. The Labute approximate surface area is 424 Å². The number of H-pyrrole nitrogens is 1. The van der Waals surface area contributed by atoms with Gasteiger partial charge in [-0.3, -0.25) is 10.6 Å². The summed E-state index contributed by atoms with van der Waals surface area (Å²) in [6.45, 7) is 7.08. The van der Waals surface area contributed by atoms with Crippen molar-refractivity contribution >= 4 is 10.9 Å². The average Bonchev–Trinajstić information content (AvgIpc) is 3.84. The van der Waals surface area contributed by atoms with Gasteiger partial charge in [-0.25, -0.2) is 0 Å². The van der Waals surface area contributed by atoms with E-state index >= 15 is 0 Å². The predicted molar refractivity (Wildman–Crippen MR) is 279 cm³/mol. The molecule has 6 atom stereocenters. The molecular formula is C59H74N4O9. The quantitative estimate of drug-likeness (QED) is 0.0248. The highest BCUT2D eigenvalue weighted by Gasteiger charge is 2.55. The molecular weight excluding hydrogens is 909 g/mol. The van der Waals surface area contributed by atoms with Crippen molar-refractivity contribution in [2.24, 2.45) is 5.92 Å². The monoisotopic (exact) mass is 983 g/mol. The van der Waals surface area contributed by atoms with Gasteiger partial charge in [0.25, 0.3) is 0 Å². The number of nitrogens with one attached hydrogen (secondary N) is 4. The number of aryl methyl sites for hydroxylation is 1. The molecule has 4 heterocycles. The lowest BCUT2D eigenvalue weighted by Gasteiger charge is -2.50. The lowest BCUT2D eigenvalue weighted by atomic mass is 9.69. The first-order valence-corrected chi connectivity index (χ1v) is 26.6. The summed E-state index contributed by atoms with van der Waals surface area (Å²) in [6.07, 6.45) is 11.2. The molecule has 5 aromatic rings. The van der Waals surface area contributed by atoms with Crippen LogP contribution >= 0.6 is 0 Å². The number of hydrogen-bond acceptors (Lipinski definition) is 12. The Balaban J connectivity index is 1.17. The molecule has 13 nitrogen and oxygen atoms in total. The summed E-state index contributed by atoms with van der Waals surface area (Å²) in [5, 5.41) is 67.2. The van der Waals surface area contributed by atoms with Crippen molar-refractivity contribution < 1.29 is 44.5 Å². The van der Waals surface area contributed by atoms with E-state index in [0.29, 0.717) is 100 Å². The number of hydrogen-bond donors (Lipinski definition) is 9. The highest BCUT2D eigenvalue weighted by molar-refractivity contribution is 5.85. The molecule has 0 amide bonds. The third-order valence-electron chi connectivity index (χ3n) is 15.8. The van der Waals surface area contributed by atoms with Crippen LogP contribution < -0.4 is 30.2 Å². The molecule has 72 heavy (non-hydrogen) atoms. The normalized spacial score (nSPS) is 23.4. The van der Waals surface area contributed by atoms with Gasteiger partial charge in [0.2, 0.25) is 0 Å². The zero-order chi connectivity index (χ0) is 50.0. The number of ether oxygens (including phenoxy) is 4. The number of phenolic OH excluding ortho intramolecular Hbond substituents is 2. The second-order valence-electron chi connectivity index (χ2n) is 21.8. The topological polar surface area (TPSA) is 190 Å². The third kappa shape index (κ3) is 10.4. The first-order valence-electron chi connectivity index (χ1n) is 26.6. The van der Waals surface area contributed by atoms with Gasteiger partial charge in [-0.15, -0.1) is 0 Å². The number of aromatic nitrogens is 1. The van der Waals surface area contributed by atoms with Gasteiger partial charge in [-0.1, -0.05) is 57.1 Å². The molecule has 0 radical (unpaired) electrons. The Morgan fingerprint density at radius 3 is 2.62 bits per heavy atom. The first-order chi connectivity index (χ1) is 34.9. The highest BCUT2D eigenvalue weighted by Crippen LogP contribution is 2.58. The molecule has 0 spiro atoms. The molecule has 10 rings (SSSR count). The number of aromatic hydroxyl groups is 2. The Bertz CT molecular complexity index is 2790. The summed E-state index contributed by atoms with van der Waals surface area (Å²) in [5.74, 6) is 9.38. The fraction of sp³-hybridized carbons (Fsp3) is 0.525. The summed E-state index contributed by atoms with van der Waals surface area (Å²) >= 11 is 0. The molecule has 5 aliphatic rings. The van der Waals surface area contributed by atoms with Gasteiger partial charge >= 0.3 is 0 Å². The fourth-order valence-electron chi connectivity index (χ4n) is 12.5. The molecule has 0 saturated heterocycles. The van der Waals surface area contributed by atoms with E-state index in [1.54, 1.807) is 6.07 Å². The zero-order valence-electron chi connectivity index (χ0n) is 42.2. The van der Waals surface area contributed by atoms with Crippen LogP contribution in [0.25, 0.3) is 22.0 Å². The summed E-state index contributed by atoms with van der Waals surface area (Å²) in [5.41, 5.74) is 7.50. The number of rotatable bonds is 17. The molecule has 384 valence electrons. The van der Waals surface area contributed by atoms with Crippen molar-refractivity contribution in [2.45, 2.75) is 152 Å². The van der Waals surface area contributed by atoms with Crippen LogP contribution in [0.5, 0.6) is 28.7 Å². The number of aromatic amines is 1. The van der Waals surface area contributed by atoms with Crippen LogP contribution in [0.2, 0.25) is 0 Å². The van der Waals surface area contributed by atoms with Crippen molar-refractivity contribution in [3.8, 4) is 51.7 Å². The summed E-state index contributed by atoms with van der Waals surface area (Å²) in [7, 11) is 0. The van der Waals surface area contributed by atoms with Crippen molar-refractivity contribution in [3.63, 3.8) is 0 Å². The van der Waals surface area contributed by atoms with Crippen molar-refractivity contribution in [1.29, 1.82) is 0 Å². The third-order valence-corrected chi connectivity index (χ3v) is 15.8. The molecule has 1 aromatic heterocycles. The molecule has 4 aromatic carbocycles. The number of fused-ring (bicyclic) bond motifs is 13. The minimum Gasteiger partial charge on any atom is -0.508 e. The van der Waals surface area contributed by atoms with E-state index in [1.807, 2.05) is 37.4 Å². The van der Waals surface area contributed by atoms with Gasteiger partial charge in [0.1, 0.15) is 35.0 Å². The van der Waals surface area contributed by atoms with Gasteiger partial charge < -0.3 is 54.8 Å². The van der Waals surface area contributed by atoms with E-state index in [9.17, 15) is 25.5 Å². The van der Waals surface area contributed by atoms with Crippen molar-refractivity contribution in [1.82, 2.24) is 20.9 Å². The van der Waals surface area contributed by atoms with Gasteiger partial charge in [-0.05, 0) is 158 Å². The van der Waals surface area contributed by atoms with Gasteiger partial charge in [0.15, 0.2) is 17.6 Å². The Hall–Kier alpha value is -5.30. The molecule has 9 N–H and O–H groups in total. The molecule has 13 heteroatoms. The maximum atomic E-state index is 11.7. The second kappa shape index (κ2) is 21.7. The van der Waals surface area contributed by atoms with Gasteiger partial charge in [-0.2, -0.15) is 0 Å². The molecule has 2 bridgehead atoms.